The molecule has 20 heavy (non-hydrogen) atoms. The van der Waals surface area contributed by atoms with Gasteiger partial charge in [0.2, 0.25) is 0 Å². The lowest BCUT2D eigenvalue weighted by Crippen LogP contribution is -3.13. The zero-order valence-corrected chi connectivity index (χ0v) is 11.4. The Balaban J connectivity index is 1.83. The highest BCUT2D eigenvalue weighted by Gasteiger charge is 2.28. The van der Waals surface area contributed by atoms with Gasteiger partial charge in [0, 0.05) is 19.0 Å². The van der Waals surface area contributed by atoms with Gasteiger partial charge in [-0.2, -0.15) is 0 Å². The average molecular weight is 270 g/mol. The SMILES string of the molecule is COCC1=NN=C(c2cn(-c3ccccc3)cn2)[NH+]1C. The number of quaternary nitrogens is 1. The molecule has 0 radical (unpaired) electrons. The van der Waals surface area contributed by atoms with Crippen LogP contribution in [0, 0.1) is 0 Å². The van der Waals surface area contributed by atoms with Crippen molar-refractivity contribution >= 4 is 11.7 Å². The first kappa shape index (κ1) is 12.7. The lowest BCUT2D eigenvalue weighted by Gasteiger charge is -2.07. The van der Waals surface area contributed by atoms with Gasteiger partial charge in [0.1, 0.15) is 12.9 Å². The van der Waals surface area contributed by atoms with Crippen molar-refractivity contribution in [1.82, 2.24) is 9.55 Å². The van der Waals surface area contributed by atoms with Gasteiger partial charge in [-0.05, 0) is 12.1 Å². The van der Waals surface area contributed by atoms with Crippen LogP contribution in [0.25, 0.3) is 5.69 Å². The van der Waals surface area contributed by atoms with Crippen molar-refractivity contribution in [2.24, 2.45) is 10.2 Å². The minimum absolute atomic E-state index is 0.470. The van der Waals surface area contributed by atoms with Crippen molar-refractivity contribution in [2.45, 2.75) is 0 Å². The number of imidazole rings is 1. The average Bonchev–Trinajstić information content (AvgIpc) is 3.08. The standard InChI is InChI=1S/C14H15N5O/c1-18-13(9-20-2)16-17-14(18)12-8-19(10-15-12)11-6-4-3-5-7-11/h3-8,10H,9H2,1-2H3/p+1. The van der Waals surface area contributed by atoms with Gasteiger partial charge in [-0.1, -0.05) is 28.4 Å². The molecule has 2 aromatic rings. The summed E-state index contributed by atoms with van der Waals surface area (Å²) in [7, 11) is 3.64. The van der Waals surface area contributed by atoms with Crippen molar-refractivity contribution in [3.05, 3.63) is 48.5 Å². The summed E-state index contributed by atoms with van der Waals surface area (Å²) >= 11 is 0. The number of nitrogens with one attached hydrogen (secondary N) is 1. The Morgan fingerprint density at radius 3 is 2.75 bits per heavy atom. The quantitative estimate of drug-likeness (QED) is 0.857. The minimum Gasteiger partial charge on any atom is -0.372 e. The van der Waals surface area contributed by atoms with Crippen molar-refractivity contribution in [3.63, 3.8) is 0 Å². The summed E-state index contributed by atoms with van der Waals surface area (Å²) in [6, 6.07) is 10.1. The van der Waals surface area contributed by atoms with E-state index in [4.69, 9.17) is 4.74 Å². The Morgan fingerprint density at radius 1 is 1.20 bits per heavy atom. The second-order valence-corrected chi connectivity index (χ2v) is 4.56. The molecule has 0 fully saturated rings. The zero-order chi connectivity index (χ0) is 13.9. The molecule has 0 spiro atoms. The summed E-state index contributed by atoms with van der Waals surface area (Å²) < 4.78 is 7.08. The molecule has 0 aliphatic carbocycles. The van der Waals surface area contributed by atoms with Crippen LogP contribution < -0.4 is 4.90 Å². The van der Waals surface area contributed by atoms with Gasteiger partial charge in [0.05, 0.1) is 7.05 Å². The topological polar surface area (TPSA) is 56.2 Å². The number of aromatic nitrogens is 2. The van der Waals surface area contributed by atoms with E-state index in [0.717, 1.165) is 28.0 Å². The number of hydrogen-bond donors (Lipinski definition) is 1. The number of benzene rings is 1. The van der Waals surface area contributed by atoms with Gasteiger partial charge in [-0.25, -0.2) is 9.88 Å². The number of para-hydroxylation sites is 1. The molecule has 2 heterocycles. The molecule has 1 aromatic carbocycles. The number of rotatable bonds is 4. The number of nitrogens with zero attached hydrogens (tertiary/aromatic N) is 4. The molecule has 0 amide bonds. The maximum atomic E-state index is 5.10. The fourth-order valence-electron chi connectivity index (χ4n) is 2.10. The zero-order valence-electron chi connectivity index (χ0n) is 11.4. The summed E-state index contributed by atoms with van der Waals surface area (Å²) in [5, 5.41) is 8.35. The molecule has 6 heteroatoms. The van der Waals surface area contributed by atoms with E-state index < -0.39 is 0 Å². The van der Waals surface area contributed by atoms with E-state index in [1.165, 1.54) is 0 Å². The number of hydrogen-bond acceptors (Lipinski definition) is 4. The Bertz CT molecular complexity index is 659. The van der Waals surface area contributed by atoms with Gasteiger partial charge in [-0.3, -0.25) is 0 Å². The van der Waals surface area contributed by atoms with Gasteiger partial charge in [0.25, 0.3) is 11.7 Å². The summed E-state index contributed by atoms with van der Waals surface area (Å²) in [6.07, 6.45) is 3.75. The Kier molecular flexibility index (Phi) is 3.41. The third-order valence-corrected chi connectivity index (χ3v) is 3.22. The summed E-state index contributed by atoms with van der Waals surface area (Å²) in [5.41, 5.74) is 1.89. The number of amidine groups is 2. The normalized spacial score (nSPS) is 18.0. The first-order chi connectivity index (χ1) is 9.79. The highest BCUT2D eigenvalue weighted by molar-refractivity contribution is 5.99. The van der Waals surface area contributed by atoms with E-state index in [2.05, 4.69) is 15.2 Å². The molecule has 1 aliphatic heterocycles. The van der Waals surface area contributed by atoms with Crippen LogP contribution in [0.5, 0.6) is 0 Å². The highest BCUT2D eigenvalue weighted by Crippen LogP contribution is 2.08. The summed E-state index contributed by atoms with van der Waals surface area (Å²) in [6.45, 7) is 0.470. The second kappa shape index (κ2) is 5.36. The van der Waals surface area contributed by atoms with E-state index in [1.54, 1.807) is 13.4 Å². The molecule has 0 saturated carbocycles. The van der Waals surface area contributed by atoms with Crippen LogP contribution in [0.2, 0.25) is 0 Å². The lowest BCUT2D eigenvalue weighted by atomic mass is 10.3. The van der Waals surface area contributed by atoms with E-state index in [0.29, 0.717) is 6.61 Å². The predicted octanol–water partition coefficient (Wildman–Crippen LogP) is 0.107. The maximum absolute atomic E-state index is 5.10. The van der Waals surface area contributed by atoms with Crippen molar-refractivity contribution in [1.29, 1.82) is 0 Å². The third kappa shape index (κ3) is 2.26. The molecule has 1 N–H and O–H groups in total. The monoisotopic (exact) mass is 270 g/mol. The molecular weight excluding hydrogens is 254 g/mol. The van der Waals surface area contributed by atoms with E-state index in [9.17, 15) is 0 Å². The van der Waals surface area contributed by atoms with Gasteiger partial charge < -0.3 is 9.30 Å². The molecule has 0 bridgehead atoms. The molecule has 0 saturated heterocycles. The van der Waals surface area contributed by atoms with Crippen LogP contribution in [0.4, 0.5) is 0 Å². The van der Waals surface area contributed by atoms with E-state index >= 15 is 0 Å². The van der Waals surface area contributed by atoms with Gasteiger partial charge in [0.15, 0.2) is 5.69 Å². The number of likely N-dealkylation sites (N-methyl/N-ethyl adjacent to an activating group) is 1. The molecule has 1 aromatic heterocycles. The van der Waals surface area contributed by atoms with Crippen molar-refractivity contribution in [3.8, 4) is 5.69 Å². The van der Waals surface area contributed by atoms with E-state index in [1.807, 2.05) is 48.1 Å². The van der Waals surface area contributed by atoms with Crippen LogP contribution >= 0.6 is 0 Å². The first-order valence-electron chi connectivity index (χ1n) is 6.37. The van der Waals surface area contributed by atoms with Crippen LogP contribution in [-0.2, 0) is 4.74 Å². The Hall–Kier alpha value is -2.31. The van der Waals surface area contributed by atoms with Crippen LogP contribution in [0.3, 0.4) is 0 Å². The second-order valence-electron chi connectivity index (χ2n) is 4.56. The Morgan fingerprint density at radius 2 is 2.00 bits per heavy atom. The lowest BCUT2D eigenvalue weighted by molar-refractivity contribution is -0.673. The van der Waals surface area contributed by atoms with Crippen LogP contribution in [0.1, 0.15) is 5.69 Å². The van der Waals surface area contributed by atoms with Gasteiger partial charge in [-0.15, -0.1) is 0 Å². The maximum Gasteiger partial charge on any atom is 0.278 e. The van der Waals surface area contributed by atoms with E-state index in [-0.39, 0.29) is 0 Å². The number of ether oxygens (including phenoxy) is 1. The molecule has 1 atom stereocenters. The van der Waals surface area contributed by atoms with Crippen molar-refractivity contribution < 1.29 is 9.64 Å². The van der Waals surface area contributed by atoms with Crippen molar-refractivity contribution in [2.75, 3.05) is 20.8 Å². The fourth-order valence-corrected chi connectivity index (χ4v) is 2.10. The minimum atomic E-state index is 0.470. The molecule has 1 aliphatic rings. The molecular formula is C14H16N5O+. The van der Waals surface area contributed by atoms with Gasteiger partial charge >= 0.3 is 0 Å². The predicted molar refractivity (Wildman–Crippen MR) is 76.3 cm³/mol. The summed E-state index contributed by atoms with van der Waals surface area (Å²) in [5.74, 6) is 1.67. The fraction of sp³-hybridized carbons (Fsp3) is 0.214. The molecule has 3 rings (SSSR count). The molecule has 1 unspecified atom stereocenters. The first-order valence-corrected chi connectivity index (χ1v) is 6.37. The number of methoxy groups -OCH3 is 1. The third-order valence-electron chi connectivity index (χ3n) is 3.22. The smallest absolute Gasteiger partial charge is 0.278 e. The molecule has 6 nitrogen and oxygen atoms in total. The highest BCUT2D eigenvalue weighted by atomic mass is 16.5. The Labute approximate surface area is 117 Å². The summed E-state index contributed by atoms with van der Waals surface area (Å²) in [4.78, 5) is 5.44. The molecule has 102 valence electrons. The largest absolute Gasteiger partial charge is 0.372 e. The van der Waals surface area contributed by atoms with Crippen LogP contribution in [0.15, 0.2) is 53.1 Å². The van der Waals surface area contributed by atoms with Crippen LogP contribution in [-0.4, -0.2) is 42.0 Å².